The maximum Gasteiger partial charge on any atom is 0.155 e. The van der Waals surface area contributed by atoms with Gasteiger partial charge in [0.1, 0.15) is 11.3 Å². The van der Waals surface area contributed by atoms with Gasteiger partial charge in [0, 0.05) is 50.3 Å². The average molecular weight is 403 g/mol. The summed E-state index contributed by atoms with van der Waals surface area (Å²) in [5.74, 6) is 1.72. The van der Waals surface area contributed by atoms with Gasteiger partial charge in [-0.15, -0.1) is 0 Å². The summed E-state index contributed by atoms with van der Waals surface area (Å²) in [6.45, 7) is 5.92. The summed E-state index contributed by atoms with van der Waals surface area (Å²) in [4.78, 5) is 20.8. The smallest absolute Gasteiger partial charge is 0.155 e. The van der Waals surface area contributed by atoms with Crippen LogP contribution in [-0.2, 0) is 4.74 Å². The van der Waals surface area contributed by atoms with E-state index in [1.807, 2.05) is 12.3 Å². The van der Waals surface area contributed by atoms with Crippen molar-refractivity contribution in [2.75, 3.05) is 56.2 Å². The molecule has 2 aliphatic heterocycles. The number of hydrogen-bond donors (Lipinski definition) is 2. The van der Waals surface area contributed by atoms with Crippen LogP contribution < -0.4 is 15.5 Å². The molecule has 154 valence electrons. The first-order valence-electron chi connectivity index (χ1n) is 10.4. The van der Waals surface area contributed by atoms with Gasteiger partial charge in [-0.25, -0.2) is 15.0 Å². The Kier molecular flexibility index (Phi) is 5.50. The Balaban J connectivity index is 1.43. The van der Waals surface area contributed by atoms with Crippen molar-refractivity contribution in [3.63, 3.8) is 0 Å². The molecule has 2 N–H and O–H groups in total. The Labute approximate surface area is 175 Å². The lowest BCUT2D eigenvalue weighted by atomic mass is 10.1. The van der Waals surface area contributed by atoms with E-state index in [9.17, 15) is 0 Å². The van der Waals surface area contributed by atoms with Gasteiger partial charge in [-0.2, -0.15) is 0 Å². The van der Waals surface area contributed by atoms with E-state index in [4.69, 9.17) is 9.72 Å². The molecule has 8 heteroatoms. The highest BCUT2D eigenvalue weighted by molar-refractivity contribution is 5.88. The van der Waals surface area contributed by atoms with Gasteiger partial charge < -0.3 is 20.3 Å². The fourth-order valence-corrected chi connectivity index (χ4v) is 3.79. The van der Waals surface area contributed by atoms with Crippen LogP contribution in [0.25, 0.3) is 22.3 Å². The summed E-state index contributed by atoms with van der Waals surface area (Å²) in [7, 11) is 0. The second kappa shape index (κ2) is 8.73. The molecule has 0 unspecified atom stereocenters. The van der Waals surface area contributed by atoms with Crippen molar-refractivity contribution in [2.45, 2.75) is 6.42 Å². The molecular weight excluding hydrogens is 378 g/mol. The lowest BCUT2D eigenvalue weighted by molar-refractivity contribution is 0.122. The van der Waals surface area contributed by atoms with Crippen LogP contribution in [0.4, 0.5) is 11.6 Å². The third-order valence-corrected chi connectivity index (χ3v) is 5.42. The zero-order valence-corrected chi connectivity index (χ0v) is 16.8. The molecule has 3 aromatic rings. The largest absolute Gasteiger partial charge is 0.378 e. The zero-order valence-electron chi connectivity index (χ0n) is 16.8. The van der Waals surface area contributed by atoms with E-state index in [1.165, 1.54) is 5.57 Å². The second-order valence-electron chi connectivity index (χ2n) is 7.47. The molecule has 0 spiro atoms. The van der Waals surface area contributed by atoms with Crippen LogP contribution in [0.15, 0.2) is 48.4 Å². The molecular formula is C22H25N7O. The number of hydrogen-bond acceptors (Lipinski definition) is 8. The summed E-state index contributed by atoms with van der Waals surface area (Å²) in [5, 5.41) is 6.87. The lowest BCUT2D eigenvalue weighted by Gasteiger charge is -2.27. The first kappa shape index (κ1) is 18.9. The summed E-state index contributed by atoms with van der Waals surface area (Å²) in [6.07, 6.45) is 8.65. The zero-order chi connectivity index (χ0) is 20.2. The van der Waals surface area contributed by atoms with E-state index in [0.29, 0.717) is 0 Å². The van der Waals surface area contributed by atoms with Crippen molar-refractivity contribution in [2.24, 2.45) is 0 Å². The van der Waals surface area contributed by atoms with E-state index in [-0.39, 0.29) is 0 Å². The van der Waals surface area contributed by atoms with Crippen molar-refractivity contribution in [3.8, 4) is 11.3 Å². The Morgan fingerprint density at radius 1 is 1.10 bits per heavy atom. The maximum atomic E-state index is 5.43. The van der Waals surface area contributed by atoms with Gasteiger partial charge in [-0.3, -0.25) is 4.98 Å². The Morgan fingerprint density at radius 3 is 2.80 bits per heavy atom. The van der Waals surface area contributed by atoms with Gasteiger partial charge >= 0.3 is 0 Å². The van der Waals surface area contributed by atoms with Crippen molar-refractivity contribution in [1.82, 2.24) is 25.3 Å². The van der Waals surface area contributed by atoms with Crippen LogP contribution in [0.5, 0.6) is 0 Å². The number of ether oxygens (including phenoxy) is 1. The molecule has 0 bridgehead atoms. The van der Waals surface area contributed by atoms with E-state index in [0.717, 1.165) is 86.3 Å². The van der Waals surface area contributed by atoms with E-state index < -0.39 is 0 Å². The average Bonchev–Trinajstić information content (AvgIpc) is 2.84. The minimum absolute atomic E-state index is 0.739. The highest BCUT2D eigenvalue weighted by atomic mass is 16.5. The first-order chi connectivity index (χ1) is 14.9. The molecule has 1 fully saturated rings. The summed E-state index contributed by atoms with van der Waals surface area (Å²) >= 11 is 0. The highest BCUT2D eigenvalue weighted by Crippen LogP contribution is 2.26. The van der Waals surface area contributed by atoms with Gasteiger partial charge in [0.2, 0.25) is 0 Å². The van der Waals surface area contributed by atoms with Crippen LogP contribution in [-0.4, -0.2) is 65.9 Å². The fourth-order valence-electron chi connectivity index (χ4n) is 3.79. The summed E-state index contributed by atoms with van der Waals surface area (Å²) < 4.78 is 5.43. The van der Waals surface area contributed by atoms with Gasteiger partial charge in [0.15, 0.2) is 5.82 Å². The minimum atomic E-state index is 0.739. The molecule has 2 aliphatic rings. The number of fused-ring (bicyclic) bond motifs is 1. The van der Waals surface area contributed by atoms with E-state index in [1.54, 1.807) is 12.4 Å². The number of nitrogens with zero attached hydrogens (tertiary/aromatic N) is 5. The van der Waals surface area contributed by atoms with Crippen LogP contribution in [0, 0.1) is 0 Å². The molecule has 30 heavy (non-hydrogen) atoms. The molecule has 0 radical (unpaired) electrons. The molecule has 0 aromatic carbocycles. The standard InChI is InChI=1S/C22H25N7O/c1-2-16(13-23-5-1)14-27-22-21-19(24-6-7-25-21)12-18(28-22)17-3-4-20(26-15-17)29-8-10-30-11-9-29/h2-4,6-7,12,15,23H,1,5,8-11,13-14H2,(H,27,28). The van der Waals surface area contributed by atoms with Gasteiger partial charge in [0.05, 0.1) is 24.4 Å². The predicted molar refractivity (Wildman–Crippen MR) is 118 cm³/mol. The number of rotatable bonds is 5. The van der Waals surface area contributed by atoms with Gasteiger partial charge in [-0.05, 0) is 36.7 Å². The number of morpholine rings is 1. The second-order valence-corrected chi connectivity index (χ2v) is 7.47. The van der Waals surface area contributed by atoms with Gasteiger partial charge in [0.25, 0.3) is 0 Å². The Hall–Kier alpha value is -3.10. The highest BCUT2D eigenvalue weighted by Gasteiger charge is 2.14. The normalized spacial score (nSPS) is 17.1. The molecule has 1 saturated heterocycles. The van der Waals surface area contributed by atoms with Crippen molar-refractivity contribution in [3.05, 3.63) is 48.4 Å². The molecule has 5 rings (SSSR count). The fraction of sp³-hybridized carbons (Fsp3) is 0.364. The monoisotopic (exact) mass is 403 g/mol. The van der Waals surface area contributed by atoms with E-state index in [2.05, 4.69) is 48.7 Å². The maximum absolute atomic E-state index is 5.43. The van der Waals surface area contributed by atoms with Crippen molar-refractivity contribution >= 4 is 22.7 Å². The quantitative estimate of drug-likeness (QED) is 0.627. The van der Waals surface area contributed by atoms with Crippen LogP contribution in [0.2, 0.25) is 0 Å². The topological polar surface area (TPSA) is 88.1 Å². The molecule has 8 nitrogen and oxygen atoms in total. The molecule has 0 amide bonds. The molecule has 5 heterocycles. The molecule has 3 aromatic heterocycles. The van der Waals surface area contributed by atoms with Gasteiger partial charge in [-0.1, -0.05) is 6.08 Å². The van der Waals surface area contributed by atoms with E-state index >= 15 is 0 Å². The number of nitrogens with one attached hydrogen (secondary N) is 2. The molecule has 0 saturated carbocycles. The van der Waals surface area contributed by atoms with Crippen LogP contribution in [0.3, 0.4) is 0 Å². The SMILES string of the molecule is C1=C(CNc2nc(-c3ccc(N4CCOCC4)nc3)cc3nccnc23)CNCC1. The third kappa shape index (κ3) is 4.10. The first-order valence-corrected chi connectivity index (χ1v) is 10.4. The number of anilines is 2. The summed E-state index contributed by atoms with van der Waals surface area (Å²) in [5.41, 5.74) is 4.73. The lowest BCUT2D eigenvalue weighted by Crippen LogP contribution is -2.36. The van der Waals surface area contributed by atoms with Crippen LogP contribution in [0.1, 0.15) is 6.42 Å². The molecule has 0 aliphatic carbocycles. The Morgan fingerprint density at radius 2 is 2.00 bits per heavy atom. The minimum Gasteiger partial charge on any atom is -0.378 e. The Bertz CT molecular complexity index is 1050. The predicted octanol–water partition coefficient (Wildman–Crippen LogP) is 2.25. The third-order valence-electron chi connectivity index (χ3n) is 5.42. The van der Waals surface area contributed by atoms with Crippen LogP contribution >= 0.6 is 0 Å². The number of aromatic nitrogens is 4. The molecule has 0 atom stereocenters. The number of pyridine rings is 2. The van der Waals surface area contributed by atoms with Crippen molar-refractivity contribution in [1.29, 1.82) is 0 Å². The van der Waals surface area contributed by atoms with Crippen molar-refractivity contribution < 1.29 is 4.74 Å². The summed E-state index contributed by atoms with van der Waals surface area (Å²) in [6, 6.07) is 6.09.